The molecule has 0 amide bonds. The van der Waals surface area contributed by atoms with Gasteiger partial charge in [-0.1, -0.05) is 66.3 Å². The van der Waals surface area contributed by atoms with Crippen molar-refractivity contribution < 1.29 is 13.2 Å². The molecule has 1 atom stereocenters. The van der Waals surface area contributed by atoms with Gasteiger partial charge in [-0.3, -0.25) is 0 Å². The Labute approximate surface area is 168 Å². The highest BCUT2D eigenvalue weighted by atomic mass is 32.2. The molecule has 0 bridgehead atoms. The second kappa shape index (κ2) is 8.43. The van der Waals surface area contributed by atoms with Crippen molar-refractivity contribution in [3.63, 3.8) is 0 Å². The van der Waals surface area contributed by atoms with E-state index in [1.807, 2.05) is 37.3 Å². The average Bonchev–Trinajstić information content (AvgIpc) is 3.00. The molecule has 4 nitrogen and oxygen atoms in total. The minimum atomic E-state index is -3.59. The highest BCUT2D eigenvalue weighted by Gasteiger charge is 2.46. The largest absolute Gasteiger partial charge is 0.376 e. The number of ether oxygens (including phenoxy) is 1. The van der Waals surface area contributed by atoms with Gasteiger partial charge < -0.3 is 4.74 Å². The zero-order valence-electron chi connectivity index (χ0n) is 16.3. The van der Waals surface area contributed by atoms with Gasteiger partial charge in [-0.05, 0) is 31.0 Å². The molecular weight excluding hydrogens is 370 g/mol. The Kier molecular flexibility index (Phi) is 6.18. The lowest BCUT2D eigenvalue weighted by Crippen LogP contribution is -2.36. The number of sulfonamides is 1. The van der Waals surface area contributed by atoms with Crippen LogP contribution in [0, 0.1) is 12.3 Å². The summed E-state index contributed by atoms with van der Waals surface area (Å²) in [6.45, 7) is 11.4. The van der Waals surface area contributed by atoms with Crippen LogP contribution >= 0.6 is 0 Å². The fraction of sp³-hybridized carbons (Fsp3) is 0.304. The summed E-state index contributed by atoms with van der Waals surface area (Å²) in [5, 5.41) is 0. The minimum Gasteiger partial charge on any atom is -0.376 e. The van der Waals surface area contributed by atoms with Crippen molar-refractivity contribution in [3.05, 3.63) is 90.5 Å². The van der Waals surface area contributed by atoms with Crippen molar-refractivity contribution in [1.29, 1.82) is 0 Å². The Hall–Kier alpha value is -2.21. The third-order valence-electron chi connectivity index (χ3n) is 5.25. The summed E-state index contributed by atoms with van der Waals surface area (Å²) in [6, 6.07) is 17.0. The van der Waals surface area contributed by atoms with Gasteiger partial charge in [0.15, 0.2) is 0 Å². The van der Waals surface area contributed by atoms with E-state index >= 15 is 0 Å². The summed E-state index contributed by atoms with van der Waals surface area (Å²) in [4.78, 5) is 0.313. The van der Waals surface area contributed by atoms with E-state index in [4.69, 9.17) is 4.74 Å². The standard InChI is InChI=1S/C23H27NO3S/c1-4-14-27-18-23(15-21-8-6-5-7-9-21)17-24(16-20(23)3)28(25,26)22-12-10-19(2)11-13-22/h4-13H,1,3,14-18H2,2H3/t23-/m1/s1. The molecule has 2 aromatic carbocycles. The van der Waals surface area contributed by atoms with Crippen molar-refractivity contribution >= 4 is 10.0 Å². The molecule has 0 N–H and O–H groups in total. The van der Waals surface area contributed by atoms with Gasteiger partial charge in [-0.25, -0.2) is 8.42 Å². The van der Waals surface area contributed by atoms with E-state index in [2.05, 4.69) is 25.3 Å². The Morgan fingerprint density at radius 1 is 1.14 bits per heavy atom. The summed E-state index contributed by atoms with van der Waals surface area (Å²) in [6.07, 6.45) is 2.39. The topological polar surface area (TPSA) is 46.6 Å². The van der Waals surface area contributed by atoms with Crippen molar-refractivity contribution in [2.24, 2.45) is 5.41 Å². The molecule has 1 fully saturated rings. The first-order valence-electron chi connectivity index (χ1n) is 9.35. The van der Waals surface area contributed by atoms with Gasteiger partial charge in [0.1, 0.15) is 0 Å². The molecule has 1 saturated heterocycles. The normalized spacial score (nSPS) is 20.4. The van der Waals surface area contributed by atoms with Gasteiger partial charge in [0.25, 0.3) is 0 Å². The first-order chi connectivity index (χ1) is 13.4. The van der Waals surface area contributed by atoms with Gasteiger partial charge in [0.2, 0.25) is 10.0 Å². The smallest absolute Gasteiger partial charge is 0.243 e. The lowest BCUT2D eigenvalue weighted by atomic mass is 9.78. The molecular formula is C23H27NO3S. The van der Waals surface area contributed by atoms with Crippen LogP contribution in [-0.2, 0) is 21.2 Å². The SMILES string of the molecule is C=CCOC[C@@]1(Cc2ccccc2)CN(S(=O)(=O)c2ccc(C)cc2)CC1=C. The highest BCUT2D eigenvalue weighted by molar-refractivity contribution is 7.89. The van der Waals surface area contributed by atoms with E-state index in [1.54, 1.807) is 18.2 Å². The predicted molar refractivity (Wildman–Crippen MR) is 113 cm³/mol. The van der Waals surface area contributed by atoms with Gasteiger partial charge in [0.05, 0.1) is 18.1 Å². The summed E-state index contributed by atoms with van der Waals surface area (Å²) >= 11 is 0. The lowest BCUT2D eigenvalue weighted by Gasteiger charge is -2.30. The monoisotopic (exact) mass is 397 g/mol. The Bertz CT molecular complexity index is 936. The Morgan fingerprint density at radius 2 is 1.82 bits per heavy atom. The molecule has 1 aliphatic rings. The molecule has 148 valence electrons. The predicted octanol–water partition coefficient (Wildman–Crippen LogP) is 3.99. The third kappa shape index (κ3) is 4.27. The number of nitrogens with zero attached hydrogens (tertiary/aromatic N) is 1. The van der Waals surface area contributed by atoms with Crippen LogP contribution in [0.4, 0.5) is 0 Å². The summed E-state index contributed by atoms with van der Waals surface area (Å²) in [7, 11) is -3.59. The van der Waals surface area contributed by atoms with Crippen LogP contribution in [0.1, 0.15) is 11.1 Å². The summed E-state index contributed by atoms with van der Waals surface area (Å²) < 4.78 is 33.7. The molecule has 1 heterocycles. The summed E-state index contributed by atoms with van der Waals surface area (Å²) in [5.41, 5.74) is 2.60. The van der Waals surface area contributed by atoms with Crippen LogP contribution in [0.5, 0.6) is 0 Å². The first kappa shape index (κ1) is 20.5. The van der Waals surface area contributed by atoms with E-state index in [1.165, 1.54) is 4.31 Å². The van der Waals surface area contributed by atoms with Gasteiger partial charge in [-0.15, -0.1) is 6.58 Å². The maximum atomic E-state index is 13.2. The Balaban J connectivity index is 1.89. The van der Waals surface area contributed by atoms with E-state index in [9.17, 15) is 8.42 Å². The second-order valence-corrected chi connectivity index (χ2v) is 9.37. The molecule has 0 aliphatic carbocycles. The number of benzene rings is 2. The molecule has 0 radical (unpaired) electrons. The maximum absolute atomic E-state index is 13.2. The third-order valence-corrected chi connectivity index (χ3v) is 7.06. The highest BCUT2D eigenvalue weighted by Crippen LogP contribution is 2.40. The molecule has 2 aromatic rings. The number of hydrogen-bond donors (Lipinski definition) is 0. The maximum Gasteiger partial charge on any atom is 0.243 e. The second-order valence-electron chi connectivity index (χ2n) is 7.44. The Morgan fingerprint density at radius 3 is 2.46 bits per heavy atom. The van der Waals surface area contributed by atoms with Crippen LogP contribution < -0.4 is 0 Å². The first-order valence-corrected chi connectivity index (χ1v) is 10.8. The van der Waals surface area contributed by atoms with E-state index in [0.29, 0.717) is 37.6 Å². The summed E-state index contributed by atoms with van der Waals surface area (Å²) in [5.74, 6) is 0. The van der Waals surface area contributed by atoms with E-state index < -0.39 is 15.4 Å². The van der Waals surface area contributed by atoms with Crippen molar-refractivity contribution in [2.45, 2.75) is 18.2 Å². The average molecular weight is 398 g/mol. The molecule has 3 rings (SSSR count). The zero-order valence-corrected chi connectivity index (χ0v) is 17.1. The van der Waals surface area contributed by atoms with Gasteiger partial charge >= 0.3 is 0 Å². The molecule has 0 saturated carbocycles. The number of aryl methyl sites for hydroxylation is 1. The van der Waals surface area contributed by atoms with E-state index in [-0.39, 0.29) is 0 Å². The van der Waals surface area contributed by atoms with E-state index in [0.717, 1.165) is 16.7 Å². The lowest BCUT2D eigenvalue weighted by molar-refractivity contribution is 0.0854. The van der Waals surface area contributed by atoms with Crippen molar-refractivity contribution in [2.75, 3.05) is 26.3 Å². The van der Waals surface area contributed by atoms with Gasteiger partial charge in [-0.2, -0.15) is 4.31 Å². The zero-order chi connectivity index (χ0) is 20.2. The van der Waals surface area contributed by atoms with Crippen LogP contribution in [0.2, 0.25) is 0 Å². The molecule has 0 unspecified atom stereocenters. The quantitative estimate of drug-likeness (QED) is 0.500. The van der Waals surface area contributed by atoms with Crippen molar-refractivity contribution in [1.82, 2.24) is 4.31 Å². The van der Waals surface area contributed by atoms with Crippen LogP contribution in [0.25, 0.3) is 0 Å². The van der Waals surface area contributed by atoms with Crippen LogP contribution in [0.3, 0.4) is 0 Å². The molecule has 28 heavy (non-hydrogen) atoms. The molecule has 5 heteroatoms. The van der Waals surface area contributed by atoms with Crippen LogP contribution in [0.15, 0.2) is 84.3 Å². The number of hydrogen-bond acceptors (Lipinski definition) is 3. The van der Waals surface area contributed by atoms with Crippen molar-refractivity contribution in [3.8, 4) is 0 Å². The fourth-order valence-corrected chi connectivity index (χ4v) is 5.14. The minimum absolute atomic E-state index is 0.306. The fourth-order valence-electron chi connectivity index (χ4n) is 3.62. The molecule has 1 aliphatic heterocycles. The molecule has 0 aromatic heterocycles. The van der Waals surface area contributed by atoms with Crippen LogP contribution in [-0.4, -0.2) is 39.0 Å². The number of rotatable bonds is 8. The van der Waals surface area contributed by atoms with Gasteiger partial charge in [0, 0.05) is 18.5 Å². The molecule has 0 spiro atoms.